The molecular weight excluding hydrogens is 440 g/mol. The fourth-order valence-corrected chi connectivity index (χ4v) is 3.91. The molecule has 2 aromatic rings. The zero-order chi connectivity index (χ0) is 24.5. The molecule has 9 nitrogen and oxygen atoms in total. The summed E-state index contributed by atoms with van der Waals surface area (Å²) in [5.74, 6) is -0.741. The molecule has 2 aliphatic rings. The van der Waals surface area contributed by atoms with Crippen LogP contribution in [0.4, 0.5) is 11.4 Å². The number of para-hydroxylation sites is 2. The van der Waals surface area contributed by atoms with Crippen molar-refractivity contribution in [3.63, 3.8) is 0 Å². The molecule has 0 radical (unpaired) electrons. The predicted octanol–water partition coefficient (Wildman–Crippen LogP) is 3.12. The predicted molar refractivity (Wildman–Crippen MR) is 123 cm³/mol. The molecule has 0 saturated carbocycles. The van der Waals surface area contributed by atoms with E-state index in [1.165, 1.54) is 11.8 Å². The van der Waals surface area contributed by atoms with Gasteiger partial charge in [0.2, 0.25) is 5.91 Å². The van der Waals surface area contributed by atoms with E-state index < -0.39 is 23.5 Å². The van der Waals surface area contributed by atoms with Gasteiger partial charge in [0.1, 0.15) is 18.8 Å². The van der Waals surface area contributed by atoms with Crippen LogP contribution in [0.1, 0.15) is 44.0 Å². The van der Waals surface area contributed by atoms with Crippen LogP contribution in [0.25, 0.3) is 0 Å². The van der Waals surface area contributed by atoms with Crippen molar-refractivity contribution in [1.29, 1.82) is 0 Å². The molecule has 2 aromatic carbocycles. The molecule has 1 atom stereocenters. The second kappa shape index (κ2) is 9.17. The van der Waals surface area contributed by atoms with Gasteiger partial charge in [0.25, 0.3) is 5.91 Å². The van der Waals surface area contributed by atoms with Gasteiger partial charge in [-0.15, -0.1) is 0 Å². The van der Waals surface area contributed by atoms with Crippen LogP contribution in [-0.4, -0.2) is 48.4 Å². The average Bonchev–Trinajstić information content (AvgIpc) is 2.82. The van der Waals surface area contributed by atoms with Crippen LogP contribution >= 0.6 is 0 Å². The van der Waals surface area contributed by atoms with Crippen LogP contribution in [0.15, 0.2) is 42.5 Å². The summed E-state index contributed by atoms with van der Waals surface area (Å²) in [6.07, 6.45) is -1.42. The van der Waals surface area contributed by atoms with Crippen molar-refractivity contribution < 1.29 is 33.4 Å². The van der Waals surface area contributed by atoms with Crippen LogP contribution in [-0.2, 0) is 19.1 Å². The number of fused-ring (bicyclic) bond motifs is 2. The first-order valence-electron chi connectivity index (χ1n) is 11.1. The Morgan fingerprint density at radius 3 is 2.53 bits per heavy atom. The maximum atomic E-state index is 13.2. The first-order chi connectivity index (χ1) is 16.2. The first-order valence-corrected chi connectivity index (χ1v) is 11.1. The molecule has 2 heterocycles. The molecular formula is C25H26N2O7. The lowest BCUT2D eigenvalue weighted by Gasteiger charge is -2.42. The molecule has 34 heavy (non-hydrogen) atoms. The number of hydrogen-bond donors (Lipinski definition) is 1. The number of esters is 1. The fourth-order valence-electron chi connectivity index (χ4n) is 3.91. The maximum absolute atomic E-state index is 13.2. The van der Waals surface area contributed by atoms with E-state index in [9.17, 15) is 19.2 Å². The minimum atomic E-state index is -1.18. The third-order valence-electron chi connectivity index (χ3n) is 5.80. The Kier molecular flexibility index (Phi) is 6.28. The highest BCUT2D eigenvalue weighted by Gasteiger charge is 2.45. The lowest BCUT2D eigenvalue weighted by atomic mass is 9.95. The number of ether oxygens (including phenoxy) is 3. The van der Waals surface area contributed by atoms with Crippen molar-refractivity contribution in [1.82, 2.24) is 0 Å². The van der Waals surface area contributed by atoms with Crippen LogP contribution in [0.5, 0.6) is 11.5 Å². The van der Waals surface area contributed by atoms with E-state index in [-0.39, 0.29) is 24.5 Å². The molecule has 178 valence electrons. The minimum absolute atomic E-state index is 0.0835. The standard InChI is InChI=1S/C25H26N2O7/c1-15(23(30)27-18-7-5-4-6-17(18)26-24(31)25(27,2)3)34-22(29)11-9-19(28)16-8-10-20-21(14-16)33-13-12-32-20/h4-8,10,14-15H,9,11-13H2,1-3H3,(H,26,31). The molecule has 0 aromatic heterocycles. The third-order valence-corrected chi connectivity index (χ3v) is 5.80. The van der Waals surface area contributed by atoms with Crippen LogP contribution in [0, 0.1) is 0 Å². The molecule has 0 saturated heterocycles. The number of amides is 2. The Balaban J connectivity index is 1.38. The van der Waals surface area contributed by atoms with Gasteiger partial charge in [-0.1, -0.05) is 12.1 Å². The molecule has 1 unspecified atom stereocenters. The first kappa shape index (κ1) is 23.3. The van der Waals surface area contributed by atoms with Gasteiger partial charge in [0.05, 0.1) is 17.8 Å². The summed E-state index contributed by atoms with van der Waals surface area (Å²) in [6, 6.07) is 11.8. The van der Waals surface area contributed by atoms with Gasteiger partial charge in [0, 0.05) is 12.0 Å². The molecule has 2 aliphatic heterocycles. The summed E-state index contributed by atoms with van der Waals surface area (Å²) < 4.78 is 16.3. The molecule has 4 rings (SSSR count). The molecule has 0 bridgehead atoms. The summed E-state index contributed by atoms with van der Waals surface area (Å²) in [7, 11) is 0. The van der Waals surface area contributed by atoms with Gasteiger partial charge < -0.3 is 19.5 Å². The Morgan fingerprint density at radius 2 is 1.76 bits per heavy atom. The number of nitrogens with one attached hydrogen (secondary N) is 1. The number of benzene rings is 2. The Morgan fingerprint density at radius 1 is 1.06 bits per heavy atom. The summed E-state index contributed by atoms with van der Waals surface area (Å²) >= 11 is 0. The second-order valence-electron chi connectivity index (χ2n) is 8.62. The fraction of sp³-hybridized carbons (Fsp3) is 0.360. The highest BCUT2D eigenvalue weighted by Crippen LogP contribution is 2.37. The van der Waals surface area contributed by atoms with E-state index >= 15 is 0 Å². The van der Waals surface area contributed by atoms with E-state index in [4.69, 9.17) is 14.2 Å². The van der Waals surface area contributed by atoms with Crippen molar-refractivity contribution >= 4 is 34.9 Å². The molecule has 0 fully saturated rings. The van der Waals surface area contributed by atoms with E-state index in [0.29, 0.717) is 41.7 Å². The average molecular weight is 466 g/mol. The van der Waals surface area contributed by atoms with Crippen molar-refractivity contribution in [2.75, 3.05) is 23.4 Å². The van der Waals surface area contributed by atoms with Crippen molar-refractivity contribution in [2.24, 2.45) is 0 Å². The second-order valence-corrected chi connectivity index (χ2v) is 8.62. The Bertz CT molecular complexity index is 1160. The highest BCUT2D eigenvalue weighted by atomic mass is 16.6. The van der Waals surface area contributed by atoms with E-state index in [0.717, 1.165) is 0 Å². The quantitative estimate of drug-likeness (QED) is 0.514. The molecule has 1 N–H and O–H groups in total. The summed E-state index contributed by atoms with van der Waals surface area (Å²) in [5, 5.41) is 2.79. The van der Waals surface area contributed by atoms with Crippen molar-refractivity contribution in [3.8, 4) is 11.5 Å². The van der Waals surface area contributed by atoms with Gasteiger partial charge >= 0.3 is 5.97 Å². The summed E-state index contributed by atoms with van der Waals surface area (Å²) in [4.78, 5) is 52.1. The zero-order valence-corrected chi connectivity index (χ0v) is 19.3. The van der Waals surface area contributed by atoms with E-state index in [1.54, 1.807) is 56.3 Å². The van der Waals surface area contributed by atoms with Crippen molar-refractivity contribution in [2.45, 2.75) is 45.3 Å². The number of carbonyl (C=O) groups is 4. The number of ketones is 1. The van der Waals surface area contributed by atoms with Crippen LogP contribution < -0.4 is 19.7 Å². The normalized spacial score (nSPS) is 16.7. The third kappa shape index (κ3) is 4.46. The van der Waals surface area contributed by atoms with Crippen LogP contribution in [0.3, 0.4) is 0 Å². The van der Waals surface area contributed by atoms with Gasteiger partial charge in [-0.05, 0) is 51.1 Å². The van der Waals surface area contributed by atoms with Crippen molar-refractivity contribution in [3.05, 3.63) is 48.0 Å². The molecule has 9 heteroatoms. The maximum Gasteiger partial charge on any atom is 0.307 e. The highest BCUT2D eigenvalue weighted by molar-refractivity contribution is 6.15. The zero-order valence-electron chi connectivity index (χ0n) is 19.3. The number of hydrogen-bond acceptors (Lipinski definition) is 7. The van der Waals surface area contributed by atoms with Gasteiger partial charge in [-0.3, -0.25) is 24.1 Å². The van der Waals surface area contributed by atoms with Gasteiger partial charge in [-0.25, -0.2) is 0 Å². The number of Topliss-reactive ketones (excluding diaryl/α,β-unsaturated/α-hetero) is 1. The number of carbonyl (C=O) groups excluding carboxylic acids is 4. The van der Waals surface area contributed by atoms with Crippen LogP contribution in [0.2, 0.25) is 0 Å². The van der Waals surface area contributed by atoms with E-state index in [2.05, 4.69) is 5.32 Å². The van der Waals surface area contributed by atoms with Gasteiger partial charge in [0.15, 0.2) is 23.4 Å². The minimum Gasteiger partial charge on any atom is -0.486 e. The van der Waals surface area contributed by atoms with E-state index in [1.807, 2.05) is 0 Å². The van der Waals surface area contributed by atoms with Gasteiger partial charge in [-0.2, -0.15) is 0 Å². The number of anilines is 2. The molecule has 0 spiro atoms. The Hall–Kier alpha value is -3.88. The molecule has 2 amide bonds. The number of rotatable bonds is 6. The monoisotopic (exact) mass is 466 g/mol. The topological polar surface area (TPSA) is 111 Å². The lowest BCUT2D eigenvalue weighted by molar-refractivity contribution is -0.154. The lowest BCUT2D eigenvalue weighted by Crippen LogP contribution is -2.60. The Labute approximate surface area is 197 Å². The molecule has 0 aliphatic carbocycles. The smallest absolute Gasteiger partial charge is 0.307 e. The summed E-state index contributed by atoms with van der Waals surface area (Å²) in [5.41, 5.74) is 0.247. The number of nitrogens with zero attached hydrogens (tertiary/aromatic N) is 1. The SMILES string of the molecule is CC(OC(=O)CCC(=O)c1ccc2c(c1)OCCO2)C(=O)N1c2ccccc2NC(=O)C1(C)C. The summed E-state index contributed by atoms with van der Waals surface area (Å²) in [6.45, 7) is 5.55. The largest absolute Gasteiger partial charge is 0.486 e.